The van der Waals surface area contributed by atoms with Crippen LogP contribution in [0.4, 0.5) is 13.2 Å². The summed E-state index contributed by atoms with van der Waals surface area (Å²) in [5, 5.41) is 8.49. The fourth-order valence-electron chi connectivity index (χ4n) is 1.02. The lowest BCUT2D eigenvalue weighted by molar-refractivity contribution is 0.0732. The van der Waals surface area contributed by atoms with E-state index in [9.17, 15) is 18.3 Å². The number of hydrogen-bond donors (Lipinski definition) is 1. The molecule has 1 nitrogen and oxygen atoms in total. The first-order valence-electron chi connectivity index (χ1n) is 3.81. The third-order valence-electron chi connectivity index (χ3n) is 1.76. The third-order valence-corrected chi connectivity index (χ3v) is 2.11. The minimum Gasteiger partial charge on any atom is -0.386 e. The van der Waals surface area contributed by atoms with Crippen molar-refractivity contribution in [1.29, 1.82) is 0 Å². The Hall–Kier alpha value is -0.740. The van der Waals surface area contributed by atoms with Gasteiger partial charge >= 0.3 is 0 Å². The van der Waals surface area contributed by atoms with E-state index in [-0.39, 0.29) is 0 Å². The highest BCUT2D eigenvalue weighted by Gasteiger charge is 2.26. The van der Waals surface area contributed by atoms with Crippen molar-refractivity contribution in [2.24, 2.45) is 0 Å². The highest BCUT2D eigenvalue weighted by Crippen LogP contribution is 2.30. The molecule has 0 fully saturated rings. The fraction of sp³-hybridized carbons (Fsp3) is 0.333. The van der Waals surface area contributed by atoms with Crippen LogP contribution in [0.2, 0.25) is 5.02 Å². The first-order chi connectivity index (χ1) is 6.25. The monoisotopic (exact) mass is 224 g/mol. The maximum Gasteiger partial charge on any atom is 0.180 e. The van der Waals surface area contributed by atoms with Crippen LogP contribution >= 0.6 is 11.6 Å². The molecule has 5 heteroatoms. The maximum absolute atomic E-state index is 13.2. The molecular weight excluding hydrogens is 217 g/mol. The molecule has 0 atom stereocenters. The number of aliphatic hydroxyl groups is 1. The minimum atomic E-state index is -1.66. The topological polar surface area (TPSA) is 20.2 Å². The molecule has 0 saturated heterocycles. The van der Waals surface area contributed by atoms with E-state index in [1.165, 1.54) is 13.8 Å². The number of rotatable bonds is 1. The van der Waals surface area contributed by atoms with E-state index in [1.54, 1.807) is 0 Å². The summed E-state index contributed by atoms with van der Waals surface area (Å²) in [6.45, 7) is 2.44. The van der Waals surface area contributed by atoms with Crippen LogP contribution in [-0.2, 0) is 5.60 Å². The van der Waals surface area contributed by atoms with E-state index in [0.717, 1.165) is 0 Å². The van der Waals surface area contributed by atoms with E-state index >= 15 is 0 Å². The summed E-state index contributed by atoms with van der Waals surface area (Å²) in [7, 11) is 0. The maximum atomic E-state index is 13.2. The van der Waals surface area contributed by atoms with Gasteiger partial charge in [0, 0.05) is 5.56 Å². The van der Waals surface area contributed by atoms with Crippen molar-refractivity contribution in [3.05, 3.63) is 34.1 Å². The van der Waals surface area contributed by atoms with Crippen LogP contribution in [0.15, 0.2) is 6.07 Å². The van der Waals surface area contributed by atoms with Gasteiger partial charge in [0.15, 0.2) is 11.6 Å². The number of benzene rings is 1. The predicted octanol–water partition coefficient (Wildman–Crippen LogP) is 2.98. The molecule has 0 heterocycles. The first-order valence-corrected chi connectivity index (χ1v) is 4.18. The van der Waals surface area contributed by atoms with Crippen LogP contribution in [-0.4, -0.2) is 5.11 Å². The molecule has 0 bridgehead atoms. The molecule has 0 spiro atoms. The minimum absolute atomic E-state index is 0.461. The van der Waals surface area contributed by atoms with E-state index in [2.05, 4.69) is 0 Å². The van der Waals surface area contributed by atoms with Crippen LogP contribution in [0.5, 0.6) is 0 Å². The van der Waals surface area contributed by atoms with Crippen molar-refractivity contribution in [2.45, 2.75) is 19.4 Å². The predicted molar refractivity (Wildman–Crippen MR) is 46.6 cm³/mol. The summed E-state index contributed by atoms with van der Waals surface area (Å²) in [5.74, 6) is -3.91. The molecule has 78 valence electrons. The first kappa shape index (κ1) is 11.3. The molecule has 0 radical (unpaired) electrons. The summed E-state index contributed by atoms with van der Waals surface area (Å²) in [4.78, 5) is 0. The number of halogens is 4. The van der Waals surface area contributed by atoms with E-state index in [1.807, 2.05) is 0 Å². The van der Waals surface area contributed by atoms with Gasteiger partial charge in [-0.25, -0.2) is 13.2 Å². The Morgan fingerprint density at radius 3 is 2.14 bits per heavy atom. The lowest BCUT2D eigenvalue weighted by Gasteiger charge is -2.19. The van der Waals surface area contributed by atoms with Crippen LogP contribution in [0, 0.1) is 17.5 Å². The van der Waals surface area contributed by atoms with Gasteiger partial charge in [-0.2, -0.15) is 0 Å². The highest BCUT2D eigenvalue weighted by molar-refractivity contribution is 6.30. The van der Waals surface area contributed by atoms with Crippen molar-refractivity contribution in [3.8, 4) is 0 Å². The molecule has 0 saturated carbocycles. The lowest BCUT2D eigenvalue weighted by Crippen LogP contribution is -2.19. The van der Waals surface area contributed by atoms with Gasteiger partial charge in [-0.15, -0.1) is 0 Å². The van der Waals surface area contributed by atoms with Crippen LogP contribution in [0.3, 0.4) is 0 Å². The molecule has 0 unspecified atom stereocenters. The molecular formula is C9H8ClF3O. The molecule has 0 aliphatic heterocycles. The smallest absolute Gasteiger partial charge is 0.180 e. The second kappa shape index (κ2) is 3.44. The summed E-state index contributed by atoms with van der Waals surface area (Å²) in [5.41, 5.74) is -2.12. The average Bonchev–Trinajstić information content (AvgIpc) is 2.06. The zero-order chi connectivity index (χ0) is 11.1. The molecule has 0 aliphatic rings. The second-order valence-electron chi connectivity index (χ2n) is 3.41. The fourth-order valence-corrected chi connectivity index (χ4v) is 1.16. The van der Waals surface area contributed by atoms with Crippen LogP contribution in [0.25, 0.3) is 0 Å². The largest absolute Gasteiger partial charge is 0.386 e. The summed E-state index contributed by atoms with van der Waals surface area (Å²) in [6, 6.07) is 0.681. The van der Waals surface area contributed by atoms with E-state index in [0.29, 0.717) is 6.07 Å². The molecule has 1 aromatic rings. The van der Waals surface area contributed by atoms with Gasteiger partial charge in [-0.05, 0) is 19.9 Å². The Bertz CT molecular complexity index is 371. The van der Waals surface area contributed by atoms with Gasteiger partial charge in [0.1, 0.15) is 10.8 Å². The Morgan fingerprint density at radius 1 is 1.21 bits per heavy atom. The van der Waals surface area contributed by atoms with Crippen molar-refractivity contribution >= 4 is 11.6 Å². The Labute approximate surface area is 84.1 Å². The number of hydrogen-bond acceptors (Lipinski definition) is 1. The van der Waals surface area contributed by atoms with Crippen molar-refractivity contribution < 1.29 is 18.3 Å². The van der Waals surface area contributed by atoms with Crippen molar-refractivity contribution in [3.63, 3.8) is 0 Å². The van der Waals surface area contributed by atoms with Gasteiger partial charge in [-0.1, -0.05) is 11.6 Å². The third kappa shape index (κ3) is 1.86. The molecule has 0 amide bonds. The average molecular weight is 225 g/mol. The van der Waals surface area contributed by atoms with E-state index in [4.69, 9.17) is 11.6 Å². The van der Waals surface area contributed by atoms with Crippen LogP contribution in [0.1, 0.15) is 19.4 Å². The Morgan fingerprint density at radius 2 is 1.71 bits per heavy atom. The van der Waals surface area contributed by atoms with Gasteiger partial charge in [-0.3, -0.25) is 0 Å². The molecule has 14 heavy (non-hydrogen) atoms. The Kier molecular flexibility index (Phi) is 2.78. The zero-order valence-electron chi connectivity index (χ0n) is 7.54. The standard InChI is InChI=1S/C9H8ClF3O/c1-9(2,14)4-3-5(11)6(10)8(13)7(4)12/h3,14H,1-2H3. The molecule has 1 aromatic carbocycles. The second-order valence-corrected chi connectivity index (χ2v) is 3.78. The SMILES string of the molecule is CC(C)(O)c1cc(F)c(Cl)c(F)c1F. The van der Waals surface area contributed by atoms with Crippen molar-refractivity contribution in [1.82, 2.24) is 0 Å². The van der Waals surface area contributed by atoms with Gasteiger partial charge in [0.05, 0.1) is 5.60 Å². The summed E-state index contributed by atoms with van der Waals surface area (Å²) >= 11 is 5.13. The normalized spacial score (nSPS) is 11.9. The zero-order valence-corrected chi connectivity index (χ0v) is 8.29. The summed E-state index contributed by atoms with van der Waals surface area (Å²) < 4.78 is 39.0. The molecule has 0 aliphatic carbocycles. The van der Waals surface area contributed by atoms with Crippen molar-refractivity contribution in [2.75, 3.05) is 0 Å². The van der Waals surface area contributed by atoms with Gasteiger partial charge < -0.3 is 5.11 Å². The molecule has 1 N–H and O–H groups in total. The van der Waals surface area contributed by atoms with Gasteiger partial charge in [0.2, 0.25) is 0 Å². The highest BCUT2D eigenvalue weighted by atomic mass is 35.5. The molecule has 1 rings (SSSR count). The Balaban J connectivity index is 3.49. The molecule has 0 aromatic heterocycles. The summed E-state index contributed by atoms with van der Waals surface area (Å²) in [6.07, 6.45) is 0. The van der Waals surface area contributed by atoms with Crippen LogP contribution < -0.4 is 0 Å². The van der Waals surface area contributed by atoms with E-state index < -0.39 is 33.6 Å². The lowest BCUT2D eigenvalue weighted by atomic mass is 9.97. The van der Waals surface area contributed by atoms with Gasteiger partial charge in [0.25, 0.3) is 0 Å². The quantitative estimate of drug-likeness (QED) is 0.574.